The number of aromatic nitrogens is 1. The van der Waals surface area contributed by atoms with Gasteiger partial charge in [-0.1, -0.05) is 13.3 Å². The molecule has 2 heterocycles. The minimum absolute atomic E-state index is 0.0922. The molecule has 1 aromatic heterocycles. The summed E-state index contributed by atoms with van der Waals surface area (Å²) in [5.74, 6) is 0. The number of rotatable bonds is 5. The normalized spacial score (nSPS) is 24.1. The van der Waals surface area contributed by atoms with Crippen molar-refractivity contribution < 1.29 is 5.11 Å². The molecule has 1 fully saturated rings. The van der Waals surface area contributed by atoms with Gasteiger partial charge >= 0.3 is 0 Å². The van der Waals surface area contributed by atoms with Crippen molar-refractivity contribution in [3.8, 4) is 0 Å². The zero-order valence-electron chi connectivity index (χ0n) is 11.7. The standard InChI is InChI=1S/C15H25N3O/c1-2-14(16)15(12-6-8-17-9-7-12)18-10-4-3-5-13(18)11-19/h6-9,13-15,19H,2-5,10-11,16H2,1H3. The predicted molar refractivity (Wildman–Crippen MR) is 76.7 cm³/mol. The number of pyridine rings is 1. The molecule has 106 valence electrons. The maximum absolute atomic E-state index is 9.62. The third-order valence-electron chi connectivity index (χ3n) is 4.17. The monoisotopic (exact) mass is 263 g/mol. The Kier molecular flexibility index (Phi) is 5.31. The molecule has 19 heavy (non-hydrogen) atoms. The smallest absolute Gasteiger partial charge is 0.0587 e. The molecule has 0 amide bonds. The van der Waals surface area contributed by atoms with Crippen molar-refractivity contribution in [1.82, 2.24) is 9.88 Å². The summed E-state index contributed by atoms with van der Waals surface area (Å²) in [4.78, 5) is 6.48. The van der Waals surface area contributed by atoms with E-state index >= 15 is 0 Å². The molecule has 3 unspecified atom stereocenters. The number of hydrogen-bond acceptors (Lipinski definition) is 4. The first-order valence-corrected chi connectivity index (χ1v) is 7.30. The molecule has 0 aromatic carbocycles. The number of aliphatic hydroxyl groups is 1. The molecule has 1 aromatic rings. The Balaban J connectivity index is 2.26. The number of piperidine rings is 1. The van der Waals surface area contributed by atoms with Crippen molar-refractivity contribution in [3.63, 3.8) is 0 Å². The summed E-state index contributed by atoms with van der Waals surface area (Å²) in [6.45, 7) is 3.36. The molecule has 3 atom stereocenters. The summed E-state index contributed by atoms with van der Waals surface area (Å²) in [6.07, 6.45) is 8.03. The van der Waals surface area contributed by atoms with Crippen LogP contribution in [-0.2, 0) is 0 Å². The van der Waals surface area contributed by atoms with Crippen molar-refractivity contribution in [2.75, 3.05) is 13.2 Å². The summed E-state index contributed by atoms with van der Waals surface area (Å²) in [7, 11) is 0. The van der Waals surface area contributed by atoms with E-state index in [1.54, 1.807) is 0 Å². The van der Waals surface area contributed by atoms with E-state index in [4.69, 9.17) is 5.73 Å². The molecule has 1 saturated heterocycles. The predicted octanol–water partition coefficient (Wildman–Crippen LogP) is 1.71. The fourth-order valence-corrected chi connectivity index (χ4v) is 3.05. The van der Waals surface area contributed by atoms with Gasteiger partial charge in [-0.2, -0.15) is 0 Å². The number of aliphatic hydroxyl groups excluding tert-OH is 1. The number of hydrogen-bond donors (Lipinski definition) is 2. The molecule has 0 aliphatic carbocycles. The fraction of sp³-hybridized carbons (Fsp3) is 0.667. The largest absolute Gasteiger partial charge is 0.395 e. The Morgan fingerprint density at radius 3 is 2.79 bits per heavy atom. The molecule has 0 bridgehead atoms. The first-order chi connectivity index (χ1) is 9.27. The summed E-state index contributed by atoms with van der Waals surface area (Å²) in [5.41, 5.74) is 7.57. The third-order valence-corrected chi connectivity index (χ3v) is 4.17. The van der Waals surface area contributed by atoms with E-state index in [-0.39, 0.29) is 24.7 Å². The summed E-state index contributed by atoms with van der Waals surface area (Å²) >= 11 is 0. The van der Waals surface area contributed by atoms with Gasteiger partial charge in [-0.05, 0) is 43.5 Å². The molecule has 1 aliphatic heterocycles. The SMILES string of the molecule is CCC(N)C(c1ccncc1)N1CCCCC1CO. The third kappa shape index (κ3) is 3.32. The Morgan fingerprint density at radius 2 is 2.16 bits per heavy atom. The Labute approximate surface area is 115 Å². The van der Waals surface area contributed by atoms with Crippen LogP contribution in [-0.4, -0.2) is 40.2 Å². The van der Waals surface area contributed by atoms with Crippen molar-refractivity contribution in [2.24, 2.45) is 5.73 Å². The lowest BCUT2D eigenvalue weighted by Crippen LogP contribution is -2.49. The number of nitrogens with zero attached hydrogens (tertiary/aromatic N) is 2. The first-order valence-electron chi connectivity index (χ1n) is 7.30. The summed E-state index contributed by atoms with van der Waals surface area (Å²) < 4.78 is 0. The van der Waals surface area contributed by atoms with Crippen LogP contribution in [0, 0.1) is 0 Å². The molecule has 0 radical (unpaired) electrons. The highest BCUT2D eigenvalue weighted by Gasteiger charge is 2.32. The molecule has 4 nitrogen and oxygen atoms in total. The highest BCUT2D eigenvalue weighted by Crippen LogP contribution is 2.31. The van der Waals surface area contributed by atoms with E-state index in [0.717, 1.165) is 19.4 Å². The van der Waals surface area contributed by atoms with Gasteiger partial charge in [0.25, 0.3) is 0 Å². The molecule has 1 aliphatic rings. The minimum Gasteiger partial charge on any atom is -0.395 e. The van der Waals surface area contributed by atoms with Crippen LogP contribution in [0.25, 0.3) is 0 Å². The van der Waals surface area contributed by atoms with Crippen LogP contribution >= 0.6 is 0 Å². The Hall–Kier alpha value is -0.970. The molecule has 0 spiro atoms. The second-order valence-corrected chi connectivity index (χ2v) is 5.37. The van der Waals surface area contributed by atoms with Gasteiger partial charge in [-0.25, -0.2) is 0 Å². The van der Waals surface area contributed by atoms with Gasteiger partial charge in [0.15, 0.2) is 0 Å². The minimum atomic E-state index is 0.0922. The maximum Gasteiger partial charge on any atom is 0.0587 e. The lowest BCUT2D eigenvalue weighted by molar-refractivity contribution is 0.0416. The Bertz CT molecular complexity index is 371. The average molecular weight is 263 g/mol. The number of nitrogens with two attached hydrogens (primary N) is 1. The second-order valence-electron chi connectivity index (χ2n) is 5.37. The lowest BCUT2D eigenvalue weighted by Gasteiger charge is -2.43. The van der Waals surface area contributed by atoms with Crippen molar-refractivity contribution in [3.05, 3.63) is 30.1 Å². The van der Waals surface area contributed by atoms with E-state index < -0.39 is 0 Å². The van der Waals surface area contributed by atoms with E-state index in [1.165, 1.54) is 18.4 Å². The van der Waals surface area contributed by atoms with Crippen LogP contribution in [0.15, 0.2) is 24.5 Å². The van der Waals surface area contributed by atoms with Gasteiger partial charge in [0.05, 0.1) is 12.6 Å². The molecular weight excluding hydrogens is 238 g/mol. The van der Waals surface area contributed by atoms with Gasteiger partial charge in [-0.15, -0.1) is 0 Å². The zero-order valence-corrected chi connectivity index (χ0v) is 11.7. The first kappa shape index (κ1) is 14.4. The fourth-order valence-electron chi connectivity index (χ4n) is 3.05. The topological polar surface area (TPSA) is 62.4 Å². The van der Waals surface area contributed by atoms with Crippen LogP contribution in [0.2, 0.25) is 0 Å². The van der Waals surface area contributed by atoms with Crippen LogP contribution in [0.1, 0.15) is 44.2 Å². The van der Waals surface area contributed by atoms with Crippen molar-refractivity contribution >= 4 is 0 Å². The maximum atomic E-state index is 9.62. The average Bonchev–Trinajstić information content (AvgIpc) is 2.49. The zero-order chi connectivity index (χ0) is 13.7. The van der Waals surface area contributed by atoms with E-state index in [2.05, 4.69) is 16.8 Å². The van der Waals surface area contributed by atoms with E-state index in [0.29, 0.717) is 0 Å². The van der Waals surface area contributed by atoms with Gasteiger partial charge in [-0.3, -0.25) is 9.88 Å². The van der Waals surface area contributed by atoms with E-state index in [9.17, 15) is 5.11 Å². The summed E-state index contributed by atoms with van der Waals surface area (Å²) in [6, 6.07) is 4.61. The van der Waals surface area contributed by atoms with Gasteiger partial charge in [0.1, 0.15) is 0 Å². The Morgan fingerprint density at radius 1 is 1.42 bits per heavy atom. The van der Waals surface area contributed by atoms with Crippen molar-refractivity contribution in [1.29, 1.82) is 0 Å². The highest BCUT2D eigenvalue weighted by atomic mass is 16.3. The van der Waals surface area contributed by atoms with Crippen LogP contribution in [0.4, 0.5) is 0 Å². The molecular formula is C15H25N3O. The lowest BCUT2D eigenvalue weighted by atomic mass is 9.92. The molecule has 3 N–H and O–H groups in total. The molecule has 2 rings (SSSR count). The van der Waals surface area contributed by atoms with Crippen LogP contribution in [0.3, 0.4) is 0 Å². The van der Waals surface area contributed by atoms with Gasteiger partial charge in [0.2, 0.25) is 0 Å². The van der Waals surface area contributed by atoms with Gasteiger partial charge < -0.3 is 10.8 Å². The van der Waals surface area contributed by atoms with E-state index in [1.807, 2.05) is 24.5 Å². The molecule has 4 heteroatoms. The highest BCUT2D eigenvalue weighted by molar-refractivity contribution is 5.18. The van der Waals surface area contributed by atoms with Crippen LogP contribution in [0.5, 0.6) is 0 Å². The van der Waals surface area contributed by atoms with Gasteiger partial charge in [0, 0.05) is 24.5 Å². The summed E-state index contributed by atoms with van der Waals surface area (Å²) in [5, 5.41) is 9.62. The van der Waals surface area contributed by atoms with Crippen molar-refractivity contribution in [2.45, 2.75) is 50.7 Å². The quantitative estimate of drug-likeness (QED) is 0.849. The van der Waals surface area contributed by atoms with Crippen LogP contribution < -0.4 is 5.73 Å². The number of likely N-dealkylation sites (tertiary alicyclic amines) is 1. The second kappa shape index (κ2) is 6.98. The molecule has 0 saturated carbocycles.